The molecule has 0 bridgehead atoms. The molecule has 0 unspecified atom stereocenters. The minimum absolute atomic E-state index is 0.734. The SMILES string of the molecule is Clc1cc2sc3ccccc3c2c2sc(-c3ccccc3)nc12. The molecule has 2 heterocycles. The largest absolute Gasteiger partial charge is 0.234 e. The van der Waals surface area contributed by atoms with Crippen LogP contribution >= 0.6 is 34.3 Å². The van der Waals surface area contributed by atoms with Crippen LogP contribution < -0.4 is 0 Å². The van der Waals surface area contributed by atoms with Crippen molar-refractivity contribution >= 4 is 64.7 Å². The third-order valence-corrected chi connectivity index (χ3v) is 6.51. The first kappa shape index (κ1) is 13.5. The van der Waals surface area contributed by atoms with Gasteiger partial charge in [0.1, 0.15) is 10.5 Å². The summed E-state index contributed by atoms with van der Waals surface area (Å²) in [5.41, 5.74) is 2.05. The summed E-state index contributed by atoms with van der Waals surface area (Å²) < 4.78 is 3.71. The van der Waals surface area contributed by atoms with Gasteiger partial charge in [-0.15, -0.1) is 22.7 Å². The lowest BCUT2D eigenvalue weighted by molar-refractivity contribution is 1.48. The summed E-state index contributed by atoms with van der Waals surface area (Å²) in [6.07, 6.45) is 0. The Labute approximate surface area is 145 Å². The van der Waals surface area contributed by atoms with Gasteiger partial charge in [-0.05, 0) is 12.1 Å². The molecule has 0 saturated heterocycles. The number of aromatic nitrogens is 1. The monoisotopic (exact) mass is 351 g/mol. The Bertz CT molecular complexity index is 1170. The topological polar surface area (TPSA) is 12.9 Å². The highest BCUT2D eigenvalue weighted by Gasteiger charge is 2.16. The molecule has 0 fully saturated rings. The Morgan fingerprint density at radius 1 is 0.826 bits per heavy atom. The maximum Gasteiger partial charge on any atom is 0.124 e. The summed E-state index contributed by atoms with van der Waals surface area (Å²) in [6, 6.07) is 20.9. The standard InChI is InChI=1S/C19H10ClNS2/c20-13-10-15-16(12-8-4-5-9-14(12)22-15)18-17(13)21-19(23-18)11-6-2-1-3-7-11/h1-10H. The van der Waals surface area contributed by atoms with Gasteiger partial charge < -0.3 is 0 Å². The minimum atomic E-state index is 0.734. The summed E-state index contributed by atoms with van der Waals surface area (Å²) in [4.78, 5) is 4.81. The molecule has 0 atom stereocenters. The molecular formula is C19H10ClNS2. The van der Waals surface area contributed by atoms with E-state index in [2.05, 4.69) is 42.5 Å². The average Bonchev–Trinajstić information content (AvgIpc) is 3.17. The number of fused-ring (bicyclic) bond motifs is 5. The number of hydrogen-bond donors (Lipinski definition) is 0. The quantitative estimate of drug-likeness (QED) is 0.317. The van der Waals surface area contributed by atoms with E-state index in [4.69, 9.17) is 16.6 Å². The van der Waals surface area contributed by atoms with Gasteiger partial charge in [0.05, 0.1) is 9.72 Å². The summed E-state index contributed by atoms with van der Waals surface area (Å²) in [5, 5.41) is 4.32. The van der Waals surface area contributed by atoms with Crippen LogP contribution in [0, 0.1) is 0 Å². The summed E-state index contributed by atoms with van der Waals surface area (Å²) in [5.74, 6) is 0. The summed E-state index contributed by atoms with van der Waals surface area (Å²) in [6.45, 7) is 0. The van der Waals surface area contributed by atoms with E-state index in [0.29, 0.717) is 0 Å². The summed E-state index contributed by atoms with van der Waals surface area (Å²) >= 11 is 10.0. The van der Waals surface area contributed by atoms with Crippen molar-refractivity contribution in [3.63, 3.8) is 0 Å². The van der Waals surface area contributed by atoms with Crippen LogP contribution in [0.3, 0.4) is 0 Å². The zero-order valence-electron chi connectivity index (χ0n) is 11.9. The van der Waals surface area contributed by atoms with Crippen molar-refractivity contribution in [2.75, 3.05) is 0 Å². The highest BCUT2D eigenvalue weighted by Crippen LogP contribution is 2.44. The highest BCUT2D eigenvalue weighted by molar-refractivity contribution is 7.28. The molecule has 0 saturated carbocycles. The molecule has 1 nitrogen and oxygen atoms in total. The average molecular weight is 352 g/mol. The van der Waals surface area contributed by atoms with Gasteiger partial charge in [0, 0.05) is 25.7 Å². The predicted octanol–water partition coefficient (Wildman–Crippen LogP) is 6.98. The molecule has 0 aliphatic rings. The van der Waals surface area contributed by atoms with Crippen molar-refractivity contribution in [1.29, 1.82) is 0 Å². The van der Waals surface area contributed by atoms with Gasteiger partial charge in [-0.1, -0.05) is 60.1 Å². The molecule has 4 heteroatoms. The number of hydrogen-bond acceptors (Lipinski definition) is 3. The number of nitrogens with zero attached hydrogens (tertiary/aromatic N) is 1. The van der Waals surface area contributed by atoms with E-state index >= 15 is 0 Å². The van der Waals surface area contributed by atoms with Gasteiger partial charge >= 0.3 is 0 Å². The highest BCUT2D eigenvalue weighted by atomic mass is 35.5. The Morgan fingerprint density at radius 3 is 2.48 bits per heavy atom. The third kappa shape index (κ3) is 2.01. The van der Waals surface area contributed by atoms with Gasteiger partial charge in [0.25, 0.3) is 0 Å². The fourth-order valence-corrected chi connectivity index (χ4v) is 5.68. The number of thiophene rings is 1. The van der Waals surface area contributed by atoms with Crippen LogP contribution in [-0.2, 0) is 0 Å². The molecule has 5 rings (SSSR count). The minimum Gasteiger partial charge on any atom is -0.234 e. The second kappa shape index (κ2) is 5.03. The number of thiazole rings is 1. The fourth-order valence-electron chi connectivity index (χ4n) is 2.94. The Kier molecular flexibility index (Phi) is 2.95. The third-order valence-electron chi connectivity index (χ3n) is 3.98. The van der Waals surface area contributed by atoms with Gasteiger partial charge in [-0.2, -0.15) is 0 Å². The van der Waals surface area contributed by atoms with Gasteiger partial charge in [-0.3, -0.25) is 0 Å². The van der Waals surface area contributed by atoms with Crippen LogP contribution in [0.1, 0.15) is 0 Å². The van der Waals surface area contributed by atoms with E-state index in [1.54, 1.807) is 22.7 Å². The second-order valence-electron chi connectivity index (χ2n) is 5.39. The van der Waals surface area contributed by atoms with Crippen molar-refractivity contribution in [2.24, 2.45) is 0 Å². The molecule has 0 amide bonds. The molecule has 0 aliphatic carbocycles. The maximum absolute atomic E-state index is 6.52. The second-order valence-corrected chi connectivity index (χ2v) is 7.88. The van der Waals surface area contributed by atoms with Crippen molar-refractivity contribution in [2.45, 2.75) is 0 Å². The van der Waals surface area contributed by atoms with E-state index in [1.807, 2.05) is 18.2 Å². The number of rotatable bonds is 1. The number of halogens is 1. The van der Waals surface area contributed by atoms with Gasteiger partial charge in [0.15, 0.2) is 0 Å². The molecule has 0 radical (unpaired) electrons. The lowest BCUT2D eigenvalue weighted by atomic mass is 10.1. The first-order valence-electron chi connectivity index (χ1n) is 7.27. The van der Waals surface area contributed by atoms with E-state index in [-0.39, 0.29) is 0 Å². The van der Waals surface area contributed by atoms with Gasteiger partial charge in [0.2, 0.25) is 0 Å². The Hall–Kier alpha value is -1.94. The summed E-state index contributed by atoms with van der Waals surface area (Å²) in [7, 11) is 0. The molecule has 2 aromatic heterocycles. The normalized spacial score (nSPS) is 11.7. The smallest absolute Gasteiger partial charge is 0.124 e. The molecule has 0 N–H and O–H groups in total. The zero-order valence-corrected chi connectivity index (χ0v) is 14.3. The van der Waals surface area contributed by atoms with Crippen LogP contribution in [0.15, 0.2) is 60.7 Å². The predicted molar refractivity (Wildman–Crippen MR) is 103 cm³/mol. The first-order chi connectivity index (χ1) is 11.3. The molecule has 5 aromatic rings. The van der Waals surface area contributed by atoms with Crippen molar-refractivity contribution in [1.82, 2.24) is 4.98 Å². The van der Waals surface area contributed by atoms with E-state index in [9.17, 15) is 0 Å². The molecule has 0 spiro atoms. The van der Waals surface area contributed by atoms with Crippen molar-refractivity contribution in [3.8, 4) is 10.6 Å². The fraction of sp³-hybridized carbons (Fsp3) is 0. The van der Waals surface area contributed by atoms with Crippen LogP contribution in [-0.4, -0.2) is 4.98 Å². The van der Waals surface area contributed by atoms with E-state index in [0.717, 1.165) is 21.1 Å². The Morgan fingerprint density at radius 2 is 1.61 bits per heavy atom. The molecule has 0 aliphatic heterocycles. The van der Waals surface area contributed by atoms with Crippen molar-refractivity contribution in [3.05, 3.63) is 65.7 Å². The molecule has 23 heavy (non-hydrogen) atoms. The first-order valence-corrected chi connectivity index (χ1v) is 9.28. The number of benzene rings is 3. The van der Waals surface area contributed by atoms with E-state index in [1.165, 1.54) is 24.9 Å². The lowest BCUT2D eigenvalue weighted by Gasteiger charge is -1.95. The Balaban J connectivity index is 1.94. The van der Waals surface area contributed by atoms with Gasteiger partial charge in [-0.25, -0.2) is 4.98 Å². The van der Waals surface area contributed by atoms with Crippen LogP contribution in [0.25, 0.3) is 41.0 Å². The molecule has 3 aromatic carbocycles. The van der Waals surface area contributed by atoms with Crippen molar-refractivity contribution < 1.29 is 0 Å². The lowest BCUT2D eigenvalue weighted by Crippen LogP contribution is -1.75. The van der Waals surface area contributed by atoms with Crippen LogP contribution in [0.5, 0.6) is 0 Å². The van der Waals surface area contributed by atoms with Crippen LogP contribution in [0.4, 0.5) is 0 Å². The van der Waals surface area contributed by atoms with E-state index < -0.39 is 0 Å². The van der Waals surface area contributed by atoms with Crippen LogP contribution in [0.2, 0.25) is 5.02 Å². The molecule has 110 valence electrons. The molecular weight excluding hydrogens is 342 g/mol. The maximum atomic E-state index is 6.52. The zero-order chi connectivity index (χ0) is 15.4.